The van der Waals surface area contributed by atoms with Crippen molar-refractivity contribution in [3.8, 4) is 0 Å². The molecule has 0 spiro atoms. The van der Waals surface area contributed by atoms with Gasteiger partial charge >= 0.3 is 6.03 Å². The average molecular weight is 261 g/mol. The van der Waals surface area contributed by atoms with Crippen molar-refractivity contribution in [2.45, 2.75) is 39.5 Å². The Morgan fingerprint density at radius 3 is 2.74 bits per heavy atom. The quantitative estimate of drug-likeness (QED) is 0.826. The molecular weight excluding hydrogens is 238 g/mol. The van der Waals surface area contributed by atoms with Gasteiger partial charge in [0.15, 0.2) is 0 Å². The van der Waals surface area contributed by atoms with Crippen LogP contribution in [0, 0.1) is 12.3 Å². The monoisotopic (exact) mass is 261 g/mol. The first kappa shape index (κ1) is 13.8. The maximum atomic E-state index is 11.6. The van der Waals surface area contributed by atoms with E-state index in [2.05, 4.69) is 28.6 Å². The van der Waals surface area contributed by atoms with E-state index in [0.717, 1.165) is 30.6 Å². The molecule has 1 fully saturated rings. The first-order chi connectivity index (χ1) is 9.13. The molecule has 1 aromatic rings. The number of carbonyl (C=O) groups excluding carboxylic acids is 1. The Bertz CT molecular complexity index is 424. The second kappa shape index (κ2) is 6.04. The zero-order chi connectivity index (χ0) is 13.7. The number of aryl methyl sites for hydroxylation is 1. The Kier molecular flexibility index (Phi) is 4.40. The zero-order valence-electron chi connectivity index (χ0n) is 11.8. The summed E-state index contributed by atoms with van der Waals surface area (Å²) in [6.45, 7) is 5.62. The lowest BCUT2D eigenvalue weighted by Gasteiger charge is -2.14. The number of urea groups is 1. The van der Waals surface area contributed by atoms with Crippen molar-refractivity contribution in [2.75, 3.05) is 13.1 Å². The number of hydrogen-bond donors (Lipinski definition) is 2. The van der Waals surface area contributed by atoms with Crippen molar-refractivity contribution < 1.29 is 4.79 Å². The molecule has 1 aliphatic rings. The van der Waals surface area contributed by atoms with E-state index in [4.69, 9.17) is 0 Å². The van der Waals surface area contributed by atoms with Gasteiger partial charge in [-0.05, 0) is 49.7 Å². The van der Waals surface area contributed by atoms with Gasteiger partial charge in [-0.2, -0.15) is 0 Å². The molecule has 0 saturated heterocycles. The van der Waals surface area contributed by atoms with E-state index in [1.54, 1.807) is 0 Å². The van der Waals surface area contributed by atoms with Gasteiger partial charge in [0.25, 0.3) is 0 Å². The maximum Gasteiger partial charge on any atom is 0.314 e. The smallest absolute Gasteiger partial charge is 0.314 e. The van der Waals surface area contributed by atoms with Crippen molar-refractivity contribution in [1.82, 2.24) is 15.6 Å². The lowest BCUT2D eigenvalue weighted by molar-refractivity contribution is 0.238. The van der Waals surface area contributed by atoms with E-state index in [-0.39, 0.29) is 6.03 Å². The summed E-state index contributed by atoms with van der Waals surface area (Å²) in [7, 11) is 0. The molecule has 2 N–H and O–H groups in total. The Hall–Kier alpha value is -1.58. The molecule has 0 unspecified atom stereocenters. The molecule has 104 valence electrons. The van der Waals surface area contributed by atoms with Crippen LogP contribution in [0.15, 0.2) is 18.3 Å². The summed E-state index contributed by atoms with van der Waals surface area (Å²) in [5, 5.41) is 5.86. The molecule has 1 aromatic heterocycles. The van der Waals surface area contributed by atoms with Crippen LogP contribution in [0.3, 0.4) is 0 Å². The van der Waals surface area contributed by atoms with Crippen molar-refractivity contribution >= 4 is 6.03 Å². The molecule has 2 rings (SSSR count). The average Bonchev–Trinajstić information content (AvgIpc) is 3.19. The summed E-state index contributed by atoms with van der Waals surface area (Å²) in [4.78, 5) is 15.9. The number of carbonyl (C=O) groups is 1. The SMILES string of the molecule is CCC1(CNC(=O)NCCc2ccc(C)nc2)CC1. The van der Waals surface area contributed by atoms with Crippen LogP contribution >= 0.6 is 0 Å². The van der Waals surface area contributed by atoms with Gasteiger partial charge in [-0.3, -0.25) is 4.98 Å². The molecule has 0 aliphatic heterocycles. The minimum Gasteiger partial charge on any atom is -0.338 e. The van der Waals surface area contributed by atoms with E-state index in [1.807, 2.05) is 19.2 Å². The predicted molar refractivity (Wildman–Crippen MR) is 76.0 cm³/mol. The highest BCUT2D eigenvalue weighted by atomic mass is 16.2. The van der Waals surface area contributed by atoms with Gasteiger partial charge in [0.05, 0.1) is 0 Å². The van der Waals surface area contributed by atoms with Gasteiger partial charge in [0, 0.05) is 25.0 Å². The van der Waals surface area contributed by atoms with Crippen LogP contribution in [0.5, 0.6) is 0 Å². The third-order valence-electron chi connectivity index (χ3n) is 4.00. The highest BCUT2D eigenvalue weighted by Gasteiger charge is 2.40. The normalized spacial score (nSPS) is 15.9. The van der Waals surface area contributed by atoms with Crippen molar-refractivity contribution in [1.29, 1.82) is 0 Å². The molecule has 4 heteroatoms. The summed E-state index contributed by atoms with van der Waals surface area (Å²) >= 11 is 0. The Balaban J connectivity index is 1.62. The van der Waals surface area contributed by atoms with E-state index in [1.165, 1.54) is 12.8 Å². The van der Waals surface area contributed by atoms with E-state index in [0.29, 0.717) is 12.0 Å². The second-order valence-electron chi connectivity index (χ2n) is 5.52. The predicted octanol–water partition coefficient (Wildman–Crippen LogP) is 2.42. The number of nitrogens with zero attached hydrogens (tertiary/aromatic N) is 1. The fraction of sp³-hybridized carbons (Fsp3) is 0.600. The minimum absolute atomic E-state index is 0.0557. The largest absolute Gasteiger partial charge is 0.338 e. The van der Waals surface area contributed by atoms with Crippen LogP contribution in [-0.4, -0.2) is 24.1 Å². The summed E-state index contributed by atoms with van der Waals surface area (Å²) in [5.74, 6) is 0. The van der Waals surface area contributed by atoms with Gasteiger partial charge in [-0.1, -0.05) is 13.0 Å². The highest BCUT2D eigenvalue weighted by Crippen LogP contribution is 2.47. The molecular formula is C15H23N3O. The number of amides is 2. The van der Waals surface area contributed by atoms with Gasteiger partial charge in [-0.15, -0.1) is 0 Å². The van der Waals surface area contributed by atoms with Gasteiger partial charge in [0.2, 0.25) is 0 Å². The third-order valence-corrected chi connectivity index (χ3v) is 4.00. The highest BCUT2D eigenvalue weighted by molar-refractivity contribution is 5.73. The van der Waals surface area contributed by atoms with Crippen LogP contribution in [-0.2, 0) is 6.42 Å². The van der Waals surface area contributed by atoms with Crippen LogP contribution in [0.25, 0.3) is 0 Å². The van der Waals surface area contributed by atoms with Crippen molar-refractivity contribution in [3.63, 3.8) is 0 Å². The summed E-state index contributed by atoms with van der Waals surface area (Å²) < 4.78 is 0. The lowest BCUT2D eigenvalue weighted by Crippen LogP contribution is -2.39. The number of nitrogens with one attached hydrogen (secondary N) is 2. The van der Waals surface area contributed by atoms with Gasteiger partial charge in [-0.25, -0.2) is 4.79 Å². The number of hydrogen-bond acceptors (Lipinski definition) is 2. The molecule has 0 bridgehead atoms. The molecule has 4 nitrogen and oxygen atoms in total. The first-order valence-electron chi connectivity index (χ1n) is 7.07. The Morgan fingerprint density at radius 2 is 2.16 bits per heavy atom. The van der Waals surface area contributed by atoms with Crippen LogP contribution in [0.4, 0.5) is 4.79 Å². The van der Waals surface area contributed by atoms with E-state index < -0.39 is 0 Å². The molecule has 0 atom stereocenters. The number of rotatable bonds is 6. The van der Waals surface area contributed by atoms with Crippen LogP contribution < -0.4 is 10.6 Å². The third kappa shape index (κ3) is 4.23. The van der Waals surface area contributed by atoms with Crippen molar-refractivity contribution in [2.24, 2.45) is 5.41 Å². The maximum absolute atomic E-state index is 11.6. The van der Waals surface area contributed by atoms with Crippen molar-refractivity contribution in [3.05, 3.63) is 29.6 Å². The van der Waals surface area contributed by atoms with Crippen LogP contribution in [0.2, 0.25) is 0 Å². The lowest BCUT2D eigenvalue weighted by atomic mass is 10.0. The molecule has 0 aromatic carbocycles. The van der Waals surface area contributed by atoms with Gasteiger partial charge in [0.1, 0.15) is 0 Å². The molecule has 0 radical (unpaired) electrons. The fourth-order valence-electron chi connectivity index (χ4n) is 2.13. The van der Waals surface area contributed by atoms with E-state index >= 15 is 0 Å². The van der Waals surface area contributed by atoms with Crippen LogP contribution in [0.1, 0.15) is 37.4 Å². The summed E-state index contributed by atoms with van der Waals surface area (Å²) in [6.07, 6.45) is 6.34. The number of pyridine rings is 1. The standard InChI is InChI=1S/C15H23N3O/c1-3-15(7-8-15)11-18-14(19)16-9-6-13-5-4-12(2)17-10-13/h4-5,10H,3,6-9,11H2,1-2H3,(H2,16,18,19). The molecule has 2 amide bonds. The molecule has 1 heterocycles. The topological polar surface area (TPSA) is 54.0 Å². The van der Waals surface area contributed by atoms with Gasteiger partial charge < -0.3 is 10.6 Å². The summed E-state index contributed by atoms with van der Waals surface area (Å²) in [5.41, 5.74) is 2.57. The van der Waals surface area contributed by atoms with E-state index in [9.17, 15) is 4.79 Å². The molecule has 19 heavy (non-hydrogen) atoms. The number of aromatic nitrogens is 1. The fourth-order valence-corrected chi connectivity index (χ4v) is 2.13. The second-order valence-corrected chi connectivity index (χ2v) is 5.52. The Morgan fingerprint density at radius 1 is 1.37 bits per heavy atom. The zero-order valence-corrected chi connectivity index (χ0v) is 11.8. The molecule has 1 aliphatic carbocycles. The molecule has 1 saturated carbocycles. The minimum atomic E-state index is -0.0557. The summed E-state index contributed by atoms with van der Waals surface area (Å²) in [6, 6.07) is 3.99. The first-order valence-corrected chi connectivity index (χ1v) is 7.07. The Labute approximate surface area is 115 Å².